The van der Waals surface area contributed by atoms with Gasteiger partial charge in [-0.05, 0) is 48.4 Å². The van der Waals surface area contributed by atoms with Gasteiger partial charge in [-0.1, -0.05) is 54.1 Å². The van der Waals surface area contributed by atoms with Gasteiger partial charge < -0.3 is 5.32 Å². The molecule has 0 atom stereocenters. The molecule has 2 aromatic carbocycles. The maximum atomic E-state index is 5.96. The second-order valence-corrected chi connectivity index (χ2v) is 4.83. The quantitative estimate of drug-likeness (QED) is 0.863. The molecule has 0 unspecified atom stereocenters. The number of rotatable bonds is 4. The fourth-order valence-corrected chi connectivity index (χ4v) is 2.36. The van der Waals surface area contributed by atoms with Crippen LogP contribution in [0.5, 0.6) is 0 Å². The third-order valence-electron chi connectivity index (χ3n) is 3.12. The molecule has 98 valence electrons. The molecule has 0 fully saturated rings. The van der Waals surface area contributed by atoms with Crippen LogP contribution >= 0.6 is 11.6 Å². The van der Waals surface area contributed by atoms with E-state index in [2.05, 4.69) is 54.7 Å². The molecule has 1 nitrogen and oxygen atoms in total. The zero-order valence-corrected chi connectivity index (χ0v) is 12.0. The summed E-state index contributed by atoms with van der Waals surface area (Å²) in [5, 5.41) is 3.98. The third kappa shape index (κ3) is 3.25. The summed E-state index contributed by atoms with van der Waals surface area (Å²) >= 11 is 5.96. The summed E-state index contributed by atoms with van der Waals surface area (Å²) in [7, 11) is 1.97. The van der Waals surface area contributed by atoms with Crippen LogP contribution < -0.4 is 5.32 Å². The lowest BCUT2D eigenvalue weighted by Crippen LogP contribution is -2.07. The van der Waals surface area contributed by atoms with E-state index in [1.54, 1.807) is 0 Å². The lowest BCUT2D eigenvalue weighted by Gasteiger charge is -2.13. The molecule has 0 spiro atoms. The summed E-state index contributed by atoms with van der Waals surface area (Å²) in [4.78, 5) is 0. The van der Waals surface area contributed by atoms with Crippen molar-refractivity contribution in [1.82, 2.24) is 5.32 Å². The molecule has 0 aliphatic heterocycles. The third-order valence-corrected chi connectivity index (χ3v) is 3.37. The molecule has 2 rings (SSSR count). The zero-order valence-electron chi connectivity index (χ0n) is 11.3. The number of hydrogen-bond donors (Lipinski definition) is 1. The summed E-state index contributed by atoms with van der Waals surface area (Å²) in [6.45, 7) is 2.93. The monoisotopic (exact) mass is 271 g/mol. The van der Waals surface area contributed by atoms with Gasteiger partial charge >= 0.3 is 0 Å². The normalized spacial score (nSPS) is 11.6. The molecule has 0 aromatic heterocycles. The molecule has 1 N–H and O–H groups in total. The number of benzene rings is 2. The van der Waals surface area contributed by atoms with Crippen molar-refractivity contribution in [2.45, 2.75) is 13.5 Å². The predicted molar refractivity (Wildman–Crippen MR) is 83.4 cm³/mol. The van der Waals surface area contributed by atoms with E-state index in [-0.39, 0.29) is 0 Å². The van der Waals surface area contributed by atoms with E-state index in [4.69, 9.17) is 11.6 Å². The second kappa shape index (κ2) is 6.55. The zero-order chi connectivity index (χ0) is 13.7. The first kappa shape index (κ1) is 13.9. The van der Waals surface area contributed by atoms with Crippen LogP contribution in [0.1, 0.15) is 23.6 Å². The fraction of sp³-hybridized carbons (Fsp3) is 0.176. The molecular formula is C17H18ClN. The van der Waals surface area contributed by atoms with Gasteiger partial charge in [-0.25, -0.2) is 0 Å². The van der Waals surface area contributed by atoms with Crippen LogP contribution in [0.15, 0.2) is 54.6 Å². The SMILES string of the molecule is C/C=C(\c1ccc(Cl)cc1)c1ccccc1CNC. The summed E-state index contributed by atoms with van der Waals surface area (Å²) in [6, 6.07) is 16.5. The van der Waals surface area contributed by atoms with E-state index < -0.39 is 0 Å². The van der Waals surface area contributed by atoms with Crippen molar-refractivity contribution in [3.8, 4) is 0 Å². The Kier molecular flexibility index (Phi) is 4.78. The van der Waals surface area contributed by atoms with Crippen LogP contribution in [0.25, 0.3) is 5.57 Å². The lowest BCUT2D eigenvalue weighted by atomic mass is 9.93. The van der Waals surface area contributed by atoms with Crippen molar-refractivity contribution < 1.29 is 0 Å². The highest BCUT2D eigenvalue weighted by Crippen LogP contribution is 2.27. The molecule has 0 heterocycles. The molecule has 0 radical (unpaired) electrons. The predicted octanol–water partition coefficient (Wildman–Crippen LogP) is 4.51. The first-order valence-electron chi connectivity index (χ1n) is 6.41. The molecule has 0 aliphatic rings. The van der Waals surface area contributed by atoms with Crippen LogP contribution in [-0.2, 0) is 6.54 Å². The highest BCUT2D eigenvalue weighted by Gasteiger charge is 2.08. The van der Waals surface area contributed by atoms with Gasteiger partial charge in [0.25, 0.3) is 0 Å². The largest absolute Gasteiger partial charge is 0.316 e. The van der Waals surface area contributed by atoms with Gasteiger partial charge in [0.1, 0.15) is 0 Å². The van der Waals surface area contributed by atoms with Crippen LogP contribution in [0, 0.1) is 0 Å². The summed E-state index contributed by atoms with van der Waals surface area (Å²) in [5.41, 5.74) is 4.99. The molecule has 2 aromatic rings. The summed E-state index contributed by atoms with van der Waals surface area (Å²) < 4.78 is 0. The standard InChI is InChI=1S/C17H18ClN/c1-3-16(13-8-10-15(18)11-9-13)17-7-5-4-6-14(17)12-19-2/h3-11,19H,12H2,1-2H3/b16-3+. The molecule has 19 heavy (non-hydrogen) atoms. The van der Waals surface area contributed by atoms with Crippen LogP contribution in [0.2, 0.25) is 5.02 Å². The number of nitrogens with one attached hydrogen (secondary N) is 1. The van der Waals surface area contributed by atoms with Crippen LogP contribution in [0.3, 0.4) is 0 Å². The first-order valence-corrected chi connectivity index (χ1v) is 6.79. The number of allylic oxidation sites excluding steroid dienone is 1. The van der Waals surface area contributed by atoms with Gasteiger partial charge in [0, 0.05) is 11.6 Å². The molecule has 0 saturated heterocycles. The smallest absolute Gasteiger partial charge is 0.0406 e. The van der Waals surface area contributed by atoms with Crippen molar-refractivity contribution in [2.75, 3.05) is 7.05 Å². The van der Waals surface area contributed by atoms with E-state index in [1.165, 1.54) is 22.3 Å². The number of hydrogen-bond acceptors (Lipinski definition) is 1. The van der Waals surface area contributed by atoms with Crippen molar-refractivity contribution >= 4 is 17.2 Å². The fourth-order valence-electron chi connectivity index (χ4n) is 2.23. The van der Waals surface area contributed by atoms with E-state index in [9.17, 15) is 0 Å². The van der Waals surface area contributed by atoms with Gasteiger partial charge in [0.15, 0.2) is 0 Å². The highest BCUT2D eigenvalue weighted by molar-refractivity contribution is 6.30. The molecule has 0 saturated carbocycles. The van der Waals surface area contributed by atoms with Crippen LogP contribution in [0.4, 0.5) is 0 Å². The van der Waals surface area contributed by atoms with E-state index in [0.29, 0.717) is 0 Å². The Bertz CT molecular complexity index is 570. The molecule has 0 bridgehead atoms. The van der Waals surface area contributed by atoms with Gasteiger partial charge in [-0.15, -0.1) is 0 Å². The van der Waals surface area contributed by atoms with Gasteiger partial charge in [0.2, 0.25) is 0 Å². The minimum atomic E-state index is 0.766. The average Bonchev–Trinajstić information content (AvgIpc) is 2.44. The van der Waals surface area contributed by atoms with Crippen molar-refractivity contribution in [3.63, 3.8) is 0 Å². The van der Waals surface area contributed by atoms with Gasteiger partial charge in [-0.3, -0.25) is 0 Å². The lowest BCUT2D eigenvalue weighted by molar-refractivity contribution is 0.816. The topological polar surface area (TPSA) is 12.0 Å². The molecule has 0 amide bonds. The number of halogens is 1. The second-order valence-electron chi connectivity index (χ2n) is 4.40. The van der Waals surface area contributed by atoms with E-state index >= 15 is 0 Å². The minimum absolute atomic E-state index is 0.766. The summed E-state index contributed by atoms with van der Waals surface area (Å²) in [6.07, 6.45) is 2.15. The maximum Gasteiger partial charge on any atom is 0.0406 e. The van der Waals surface area contributed by atoms with Crippen LogP contribution in [-0.4, -0.2) is 7.05 Å². The Morgan fingerprint density at radius 2 is 1.79 bits per heavy atom. The Morgan fingerprint density at radius 1 is 1.11 bits per heavy atom. The first-order chi connectivity index (χ1) is 9.26. The summed E-state index contributed by atoms with van der Waals surface area (Å²) in [5.74, 6) is 0. The average molecular weight is 272 g/mol. The van der Waals surface area contributed by atoms with Gasteiger partial charge in [-0.2, -0.15) is 0 Å². The van der Waals surface area contributed by atoms with Crippen molar-refractivity contribution in [3.05, 3.63) is 76.3 Å². The maximum absolute atomic E-state index is 5.96. The minimum Gasteiger partial charge on any atom is -0.316 e. The Hall–Kier alpha value is -1.57. The van der Waals surface area contributed by atoms with E-state index in [1.807, 2.05) is 19.2 Å². The molecule has 2 heteroatoms. The molecular weight excluding hydrogens is 254 g/mol. The van der Waals surface area contributed by atoms with Crippen molar-refractivity contribution in [2.24, 2.45) is 0 Å². The van der Waals surface area contributed by atoms with Crippen molar-refractivity contribution in [1.29, 1.82) is 0 Å². The highest BCUT2D eigenvalue weighted by atomic mass is 35.5. The van der Waals surface area contributed by atoms with Gasteiger partial charge in [0.05, 0.1) is 0 Å². The Balaban J connectivity index is 2.46. The molecule has 0 aliphatic carbocycles. The Morgan fingerprint density at radius 3 is 2.42 bits per heavy atom. The van der Waals surface area contributed by atoms with E-state index in [0.717, 1.165) is 11.6 Å². The Labute approximate surface area is 119 Å².